The van der Waals surface area contributed by atoms with Crippen molar-refractivity contribution in [3.63, 3.8) is 0 Å². The highest BCUT2D eigenvalue weighted by Gasteiger charge is 2.39. The lowest BCUT2D eigenvalue weighted by Crippen LogP contribution is -2.21. The Morgan fingerprint density at radius 1 is 1.16 bits per heavy atom. The summed E-state index contributed by atoms with van der Waals surface area (Å²) < 4.78 is 0. The van der Waals surface area contributed by atoms with Crippen LogP contribution < -0.4 is 0 Å². The third-order valence-corrected chi connectivity index (χ3v) is 4.92. The van der Waals surface area contributed by atoms with Crippen molar-refractivity contribution in [3.8, 4) is 0 Å². The van der Waals surface area contributed by atoms with Gasteiger partial charge in [0, 0.05) is 18.8 Å². The van der Waals surface area contributed by atoms with Crippen LogP contribution in [-0.4, -0.2) is 44.7 Å². The summed E-state index contributed by atoms with van der Waals surface area (Å²) in [7, 11) is 0. The first-order chi connectivity index (χ1) is 12.0. The lowest BCUT2D eigenvalue weighted by atomic mass is 9.88. The number of aliphatic hydroxyl groups excluding tert-OH is 3. The molecule has 0 aromatic rings. The van der Waals surface area contributed by atoms with Gasteiger partial charge in [0.15, 0.2) is 0 Å². The van der Waals surface area contributed by atoms with Crippen LogP contribution in [0.4, 0.5) is 0 Å². The Kier molecular flexibility index (Phi) is 10.7. The zero-order chi connectivity index (χ0) is 18.7. The minimum atomic E-state index is -0.790. The number of carbonyl (C=O) groups is 1. The first-order valence-corrected chi connectivity index (χ1v) is 9.55. The first kappa shape index (κ1) is 21.9. The van der Waals surface area contributed by atoms with Crippen LogP contribution in [0.15, 0.2) is 24.3 Å². The van der Waals surface area contributed by atoms with E-state index in [-0.39, 0.29) is 18.3 Å². The SMILES string of the molecule is CCCCC[C@H]1[C@@H](/C=C/[C@@H](O)C/C=C\CCCC(=O)O)[C@H](O)C[C@@H]1O. The minimum Gasteiger partial charge on any atom is -0.481 e. The highest BCUT2D eigenvalue weighted by molar-refractivity contribution is 5.66. The van der Waals surface area contributed by atoms with Crippen LogP contribution in [0.5, 0.6) is 0 Å². The molecule has 144 valence electrons. The van der Waals surface area contributed by atoms with Crippen molar-refractivity contribution in [3.05, 3.63) is 24.3 Å². The average molecular weight is 354 g/mol. The molecule has 0 radical (unpaired) electrons. The predicted octanol–water partition coefficient (Wildman–Crippen LogP) is 3.04. The molecule has 5 nitrogen and oxygen atoms in total. The number of rotatable bonds is 12. The zero-order valence-corrected chi connectivity index (χ0v) is 15.3. The highest BCUT2D eigenvalue weighted by atomic mass is 16.4. The van der Waals surface area contributed by atoms with Gasteiger partial charge < -0.3 is 20.4 Å². The first-order valence-electron chi connectivity index (χ1n) is 9.55. The van der Waals surface area contributed by atoms with E-state index in [1.54, 1.807) is 6.08 Å². The Labute approximate surface area is 151 Å². The van der Waals surface area contributed by atoms with Crippen molar-refractivity contribution in [1.29, 1.82) is 0 Å². The molecule has 0 heterocycles. The van der Waals surface area contributed by atoms with Crippen molar-refractivity contribution in [1.82, 2.24) is 0 Å². The summed E-state index contributed by atoms with van der Waals surface area (Å²) in [6.45, 7) is 2.14. The third-order valence-electron chi connectivity index (χ3n) is 4.92. The summed E-state index contributed by atoms with van der Waals surface area (Å²) in [5.74, 6) is -0.820. The van der Waals surface area contributed by atoms with E-state index in [9.17, 15) is 20.1 Å². The summed E-state index contributed by atoms with van der Waals surface area (Å²) >= 11 is 0. The number of aliphatic carboxylic acids is 1. The van der Waals surface area contributed by atoms with Gasteiger partial charge in [0.05, 0.1) is 18.3 Å². The molecule has 1 aliphatic carbocycles. The number of unbranched alkanes of at least 4 members (excludes halogenated alkanes) is 3. The molecule has 4 N–H and O–H groups in total. The summed E-state index contributed by atoms with van der Waals surface area (Å²) in [6.07, 6.45) is 12.2. The third kappa shape index (κ3) is 8.66. The van der Waals surface area contributed by atoms with Gasteiger partial charge >= 0.3 is 5.97 Å². The van der Waals surface area contributed by atoms with E-state index in [1.165, 1.54) is 0 Å². The van der Waals surface area contributed by atoms with Crippen LogP contribution >= 0.6 is 0 Å². The fourth-order valence-electron chi connectivity index (χ4n) is 3.47. The second-order valence-electron chi connectivity index (χ2n) is 7.05. The number of hydrogen-bond donors (Lipinski definition) is 4. The van der Waals surface area contributed by atoms with Gasteiger partial charge in [-0.05, 0) is 31.6 Å². The largest absolute Gasteiger partial charge is 0.481 e. The van der Waals surface area contributed by atoms with Crippen LogP contribution in [0, 0.1) is 11.8 Å². The average Bonchev–Trinajstić information content (AvgIpc) is 2.82. The van der Waals surface area contributed by atoms with Crippen molar-refractivity contribution < 1.29 is 25.2 Å². The van der Waals surface area contributed by atoms with Gasteiger partial charge in [-0.2, -0.15) is 0 Å². The molecule has 1 aliphatic rings. The zero-order valence-electron chi connectivity index (χ0n) is 15.3. The predicted molar refractivity (Wildman–Crippen MR) is 98.1 cm³/mol. The van der Waals surface area contributed by atoms with Crippen LogP contribution in [-0.2, 0) is 4.79 Å². The van der Waals surface area contributed by atoms with E-state index in [1.807, 2.05) is 18.2 Å². The summed E-state index contributed by atoms with van der Waals surface area (Å²) in [5.41, 5.74) is 0. The van der Waals surface area contributed by atoms with Gasteiger partial charge in [-0.15, -0.1) is 0 Å². The quantitative estimate of drug-likeness (QED) is 0.319. The maximum Gasteiger partial charge on any atom is 0.303 e. The maximum atomic E-state index is 10.4. The lowest BCUT2D eigenvalue weighted by Gasteiger charge is -2.21. The van der Waals surface area contributed by atoms with Crippen molar-refractivity contribution in [2.24, 2.45) is 11.8 Å². The Morgan fingerprint density at radius 3 is 2.60 bits per heavy atom. The fourth-order valence-corrected chi connectivity index (χ4v) is 3.47. The van der Waals surface area contributed by atoms with Gasteiger partial charge in [-0.3, -0.25) is 4.79 Å². The number of carboxylic acids is 1. The molecule has 1 rings (SSSR count). The lowest BCUT2D eigenvalue weighted by molar-refractivity contribution is -0.137. The Hall–Kier alpha value is -1.17. The molecule has 5 heteroatoms. The second-order valence-corrected chi connectivity index (χ2v) is 7.05. The molecule has 0 aromatic carbocycles. The van der Waals surface area contributed by atoms with Crippen LogP contribution in [0.1, 0.15) is 64.7 Å². The molecule has 1 fully saturated rings. The molecule has 0 unspecified atom stereocenters. The van der Waals surface area contributed by atoms with E-state index in [0.717, 1.165) is 25.7 Å². The molecule has 1 saturated carbocycles. The van der Waals surface area contributed by atoms with E-state index >= 15 is 0 Å². The number of aliphatic hydroxyl groups is 3. The monoisotopic (exact) mass is 354 g/mol. The van der Waals surface area contributed by atoms with Crippen molar-refractivity contribution in [2.45, 2.75) is 83.0 Å². The molecule has 0 saturated heterocycles. The van der Waals surface area contributed by atoms with Crippen molar-refractivity contribution >= 4 is 5.97 Å². The standard InChI is InChI=1S/C20H34O5/c1-2-3-6-10-16-17(19(23)14-18(16)22)13-12-15(21)9-7-4-5-8-11-20(24)25/h4,7,12-13,15-19,21-23H,2-3,5-6,8-11,14H2,1H3,(H,24,25)/b7-4-,13-12+/t15-,16-,17+,18-,19+/m0/s1. The minimum absolute atomic E-state index is 0.0663. The molecular formula is C20H34O5. The van der Waals surface area contributed by atoms with Gasteiger partial charge in [0.1, 0.15) is 0 Å². The highest BCUT2D eigenvalue weighted by Crippen LogP contribution is 2.37. The molecule has 0 aliphatic heterocycles. The molecule has 0 spiro atoms. The fraction of sp³-hybridized carbons (Fsp3) is 0.750. The molecule has 0 aromatic heterocycles. The number of carboxylic acid groups (broad SMARTS) is 1. The number of allylic oxidation sites excluding steroid dienone is 1. The normalized spacial score (nSPS) is 28.2. The summed E-state index contributed by atoms with van der Waals surface area (Å²) in [5, 5.41) is 38.9. The van der Waals surface area contributed by atoms with E-state index in [4.69, 9.17) is 5.11 Å². The van der Waals surface area contributed by atoms with Gasteiger partial charge in [0.25, 0.3) is 0 Å². The Balaban J connectivity index is 2.39. The van der Waals surface area contributed by atoms with Gasteiger partial charge in [-0.1, -0.05) is 50.5 Å². The summed E-state index contributed by atoms with van der Waals surface area (Å²) in [6, 6.07) is 0. The van der Waals surface area contributed by atoms with Gasteiger partial charge in [0.2, 0.25) is 0 Å². The smallest absolute Gasteiger partial charge is 0.303 e. The van der Waals surface area contributed by atoms with Crippen molar-refractivity contribution in [2.75, 3.05) is 0 Å². The molecule has 0 amide bonds. The molecule has 0 bridgehead atoms. The summed E-state index contributed by atoms with van der Waals surface area (Å²) in [4.78, 5) is 10.4. The second kappa shape index (κ2) is 12.2. The van der Waals surface area contributed by atoms with E-state index in [2.05, 4.69) is 6.92 Å². The van der Waals surface area contributed by atoms with E-state index in [0.29, 0.717) is 25.7 Å². The van der Waals surface area contributed by atoms with Crippen LogP contribution in [0.25, 0.3) is 0 Å². The molecular weight excluding hydrogens is 320 g/mol. The topological polar surface area (TPSA) is 98.0 Å². The van der Waals surface area contributed by atoms with E-state index < -0.39 is 24.3 Å². The molecule has 25 heavy (non-hydrogen) atoms. The molecule has 5 atom stereocenters. The number of hydrogen-bond acceptors (Lipinski definition) is 4. The van der Waals surface area contributed by atoms with Gasteiger partial charge in [-0.25, -0.2) is 0 Å². The Bertz CT molecular complexity index is 432. The Morgan fingerprint density at radius 2 is 1.92 bits per heavy atom. The van der Waals surface area contributed by atoms with Crippen LogP contribution in [0.2, 0.25) is 0 Å². The van der Waals surface area contributed by atoms with Crippen LogP contribution in [0.3, 0.4) is 0 Å². The maximum absolute atomic E-state index is 10.4.